The van der Waals surface area contributed by atoms with E-state index in [1.165, 1.54) is 0 Å². The molecular formula is C20H24F2N4O3S. The van der Waals surface area contributed by atoms with E-state index in [0.29, 0.717) is 30.5 Å². The van der Waals surface area contributed by atoms with Gasteiger partial charge in [-0.05, 0) is 29.8 Å². The fourth-order valence-corrected chi connectivity index (χ4v) is 4.09. The Morgan fingerprint density at radius 1 is 1.13 bits per heavy atom. The average Bonchev–Trinajstić information content (AvgIpc) is 3.40. The molecule has 0 spiro atoms. The van der Waals surface area contributed by atoms with Crippen LogP contribution in [0.5, 0.6) is 17.2 Å². The van der Waals surface area contributed by atoms with E-state index in [1.807, 2.05) is 29.2 Å². The van der Waals surface area contributed by atoms with Crippen molar-refractivity contribution in [2.45, 2.75) is 6.54 Å². The molecule has 2 heterocycles. The second-order valence-corrected chi connectivity index (χ2v) is 7.70. The van der Waals surface area contributed by atoms with Crippen molar-refractivity contribution < 1.29 is 23.0 Å². The molecule has 0 bridgehead atoms. The monoisotopic (exact) mass is 438 g/mol. The number of ether oxygens (including phenoxy) is 3. The molecule has 1 aliphatic rings. The van der Waals surface area contributed by atoms with Crippen molar-refractivity contribution in [2.24, 2.45) is 10.8 Å². The molecule has 0 aliphatic carbocycles. The summed E-state index contributed by atoms with van der Waals surface area (Å²) < 4.78 is 41.8. The van der Waals surface area contributed by atoms with E-state index in [4.69, 9.17) is 19.9 Å². The van der Waals surface area contributed by atoms with Crippen molar-refractivity contribution in [3.8, 4) is 27.7 Å². The standard InChI is InChI=1S/C20H24F2N4O3S/c1-27-16-6-13(7-17(28-2)19(16)29-3)18-5-4-15(30-18)10-25-11-24-26(12-25)9-14(8-23)20(21)22/h4-7,11H,8-10,12,23H2,1-3H3. The summed E-state index contributed by atoms with van der Waals surface area (Å²) in [5.74, 6) is 1.73. The Morgan fingerprint density at radius 3 is 2.40 bits per heavy atom. The van der Waals surface area contributed by atoms with Crippen LogP contribution in [0.4, 0.5) is 8.78 Å². The molecule has 10 heteroatoms. The van der Waals surface area contributed by atoms with E-state index in [9.17, 15) is 8.78 Å². The number of benzene rings is 1. The number of nitrogens with zero attached hydrogens (tertiary/aromatic N) is 3. The summed E-state index contributed by atoms with van der Waals surface area (Å²) in [5, 5.41) is 5.75. The first kappa shape index (κ1) is 21.8. The van der Waals surface area contributed by atoms with Crippen LogP contribution in [-0.2, 0) is 6.54 Å². The van der Waals surface area contributed by atoms with Gasteiger partial charge in [-0.25, -0.2) is 0 Å². The van der Waals surface area contributed by atoms with Gasteiger partial charge >= 0.3 is 0 Å². The average molecular weight is 439 g/mol. The second kappa shape index (κ2) is 9.77. The smallest absolute Gasteiger partial charge is 0.272 e. The maximum Gasteiger partial charge on any atom is 0.272 e. The van der Waals surface area contributed by atoms with Gasteiger partial charge in [0.15, 0.2) is 11.5 Å². The molecule has 0 amide bonds. The van der Waals surface area contributed by atoms with Crippen LogP contribution in [0.3, 0.4) is 0 Å². The minimum atomic E-state index is -1.74. The van der Waals surface area contributed by atoms with Crippen LogP contribution >= 0.6 is 11.3 Å². The predicted molar refractivity (Wildman–Crippen MR) is 113 cm³/mol. The van der Waals surface area contributed by atoms with Gasteiger partial charge in [-0.2, -0.15) is 13.9 Å². The number of nitrogens with two attached hydrogens (primary N) is 1. The lowest BCUT2D eigenvalue weighted by Crippen LogP contribution is -2.29. The fourth-order valence-electron chi connectivity index (χ4n) is 3.07. The third-order valence-electron chi connectivity index (χ3n) is 4.58. The number of hydrogen-bond acceptors (Lipinski definition) is 8. The number of hydrazone groups is 1. The molecule has 2 aromatic rings. The first-order chi connectivity index (χ1) is 14.5. The van der Waals surface area contributed by atoms with Gasteiger partial charge in [0.25, 0.3) is 6.08 Å². The quantitative estimate of drug-likeness (QED) is 0.645. The lowest BCUT2D eigenvalue weighted by Gasteiger charge is -2.19. The van der Waals surface area contributed by atoms with Crippen LogP contribution < -0.4 is 19.9 Å². The van der Waals surface area contributed by atoms with Crippen LogP contribution in [0, 0.1) is 0 Å². The highest BCUT2D eigenvalue weighted by Gasteiger charge is 2.19. The molecule has 0 saturated carbocycles. The lowest BCUT2D eigenvalue weighted by molar-refractivity contribution is 0.243. The summed E-state index contributed by atoms with van der Waals surface area (Å²) in [6.45, 7) is 0.882. The predicted octanol–water partition coefficient (Wildman–Crippen LogP) is 3.57. The minimum absolute atomic E-state index is 0.0208. The van der Waals surface area contributed by atoms with Gasteiger partial charge in [-0.1, -0.05) is 0 Å². The molecule has 1 aromatic heterocycles. The van der Waals surface area contributed by atoms with E-state index in [2.05, 4.69) is 5.10 Å². The fraction of sp³-hybridized carbons (Fsp3) is 0.350. The van der Waals surface area contributed by atoms with Gasteiger partial charge < -0.3 is 24.8 Å². The number of halogens is 2. The van der Waals surface area contributed by atoms with Crippen LogP contribution in [0.25, 0.3) is 10.4 Å². The number of thiophene rings is 1. The number of hydrogen-bond donors (Lipinski definition) is 1. The van der Waals surface area contributed by atoms with E-state index >= 15 is 0 Å². The summed E-state index contributed by atoms with van der Waals surface area (Å²) in [4.78, 5) is 4.11. The molecule has 0 atom stereocenters. The maximum atomic E-state index is 12.8. The highest BCUT2D eigenvalue weighted by molar-refractivity contribution is 7.15. The second-order valence-electron chi connectivity index (χ2n) is 6.53. The van der Waals surface area contributed by atoms with Crippen molar-refractivity contribution in [3.63, 3.8) is 0 Å². The zero-order chi connectivity index (χ0) is 21.7. The summed E-state index contributed by atoms with van der Waals surface area (Å²) >= 11 is 1.63. The molecular weight excluding hydrogens is 414 g/mol. The van der Waals surface area contributed by atoms with Crippen molar-refractivity contribution in [1.29, 1.82) is 0 Å². The largest absolute Gasteiger partial charge is 0.493 e. The van der Waals surface area contributed by atoms with E-state index in [0.717, 1.165) is 15.3 Å². The maximum absolute atomic E-state index is 12.8. The highest BCUT2D eigenvalue weighted by Crippen LogP contribution is 2.42. The lowest BCUT2D eigenvalue weighted by atomic mass is 10.1. The topological polar surface area (TPSA) is 72.6 Å². The van der Waals surface area contributed by atoms with E-state index in [-0.39, 0.29) is 18.7 Å². The Labute approximate surface area is 177 Å². The van der Waals surface area contributed by atoms with Crippen LogP contribution in [0.15, 0.2) is 41.0 Å². The zero-order valence-corrected chi connectivity index (χ0v) is 17.8. The highest BCUT2D eigenvalue weighted by atomic mass is 32.1. The summed E-state index contributed by atoms with van der Waals surface area (Å²) in [5.41, 5.74) is 6.22. The summed E-state index contributed by atoms with van der Waals surface area (Å²) in [7, 11) is 4.73. The van der Waals surface area contributed by atoms with E-state index < -0.39 is 6.08 Å². The van der Waals surface area contributed by atoms with Gasteiger partial charge in [0, 0.05) is 21.9 Å². The molecule has 1 aromatic carbocycles. The molecule has 162 valence electrons. The molecule has 7 nitrogen and oxygen atoms in total. The molecule has 30 heavy (non-hydrogen) atoms. The summed E-state index contributed by atoms with van der Waals surface area (Å²) in [6.07, 6.45) is -0.0808. The van der Waals surface area contributed by atoms with Crippen molar-refractivity contribution in [1.82, 2.24) is 9.91 Å². The van der Waals surface area contributed by atoms with Gasteiger partial charge in [-0.15, -0.1) is 11.3 Å². The van der Waals surface area contributed by atoms with Gasteiger partial charge in [0.1, 0.15) is 13.0 Å². The molecule has 0 fully saturated rings. The Bertz CT molecular complexity index is 919. The third-order valence-corrected chi connectivity index (χ3v) is 5.70. The van der Waals surface area contributed by atoms with Gasteiger partial charge in [0.05, 0.1) is 34.4 Å². The number of methoxy groups -OCH3 is 3. The van der Waals surface area contributed by atoms with Crippen LogP contribution in [-0.4, -0.2) is 57.3 Å². The van der Waals surface area contributed by atoms with Crippen LogP contribution in [0.2, 0.25) is 0 Å². The van der Waals surface area contributed by atoms with Gasteiger partial charge in [0.2, 0.25) is 5.75 Å². The molecule has 2 N–H and O–H groups in total. The van der Waals surface area contributed by atoms with Gasteiger partial charge in [-0.3, -0.25) is 5.01 Å². The molecule has 0 unspecified atom stereocenters. The van der Waals surface area contributed by atoms with Crippen molar-refractivity contribution in [3.05, 3.63) is 40.8 Å². The Balaban J connectivity index is 1.69. The Morgan fingerprint density at radius 2 is 1.83 bits per heavy atom. The number of rotatable bonds is 9. The van der Waals surface area contributed by atoms with Crippen molar-refractivity contribution in [2.75, 3.05) is 41.1 Å². The SMILES string of the molecule is COc1cc(-c2ccc(CN3C=NN(CC(CN)=C(F)F)C3)s2)cc(OC)c1OC. The van der Waals surface area contributed by atoms with E-state index in [1.54, 1.807) is 44.0 Å². The molecule has 0 radical (unpaired) electrons. The normalized spacial score (nSPS) is 13.0. The van der Waals surface area contributed by atoms with Crippen LogP contribution in [0.1, 0.15) is 4.88 Å². The minimum Gasteiger partial charge on any atom is -0.493 e. The summed E-state index contributed by atoms with van der Waals surface area (Å²) in [6, 6.07) is 7.87. The zero-order valence-electron chi connectivity index (χ0n) is 17.0. The Hall–Kier alpha value is -2.85. The van der Waals surface area contributed by atoms with Crippen molar-refractivity contribution >= 4 is 17.7 Å². The first-order valence-corrected chi connectivity index (χ1v) is 9.96. The molecule has 1 aliphatic heterocycles. The third kappa shape index (κ3) is 4.82. The first-order valence-electron chi connectivity index (χ1n) is 9.14. The molecule has 3 rings (SSSR count). The Kier molecular flexibility index (Phi) is 7.11. The molecule has 0 saturated heterocycles.